The van der Waals surface area contributed by atoms with E-state index in [4.69, 9.17) is 4.42 Å². The van der Waals surface area contributed by atoms with Crippen LogP contribution in [0.25, 0.3) is 17.0 Å². The Hall–Kier alpha value is -3.34. The molecule has 0 bridgehead atoms. The number of nitrogens with one attached hydrogen (secondary N) is 1. The zero-order chi connectivity index (χ0) is 17.4. The van der Waals surface area contributed by atoms with Crippen molar-refractivity contribution in [2.45, 2.75) is 13.8 Å². The fraction of sp³-hybridized carbons (Fsp3) is 0.100. The zero-order valence-corrected chi connectivity index (χ0v) is 14.0. The Morgan fingerprint density at radius 1 is 1.08 bits per heavy atom. The monoisotopic (exact) mass is 331 g/mol. The molecule has 0 saturated heterocycles. The lowest BCUT2D eigenvalue weighted by Crippen LogP contribution is -2.17. The van der Waals surface area contributed by atoms with Gasteiger partial charge in [0.1, 0.15) is 11.4 Å². The van der Waals surface area contributed by atoms with Gasteiger partial charge in [-0.3, -0.25) is 4.79 Å². The number of rotatable bonds is 3. The van der Waals surface area contributed by atoms with Gasteiger partial charge in [-0.05, 0) is 62.4 Å². The predicted octanol–water partition coefficient (Wildman–Crippen LogP) is 4.46. The predicted molar refractivity (Wildman–Crippen MR) is 96.8 cm³/mol. The van der Waals surface area contributed by atoms with Crippen molar-refractivity contribution in [1.82, 2.24) is 9.38 Å². The second-order valence-electron chi connectivity index (χ2n) is 5.90. The summed E-state index contributed by atoms with van der Waals surface area (Å²) in [6, 6.07) is 15.2. The van der Waals surface area contributed by atoms with E-state index in [9.17, 15) is 4.79 Å². The van der Waals surface area contributed by atoms with Gasteiger partial charge in [-0.15, -0.1) is 0 Å². The number of nitrogens with zero attached hydrogens (tertiary/aromatic N) is 2. The van der Waals surface area contributed by atoms with E-state index < -0.39 is 0 Å². The van der Waals surface area contributed by atoms with Crippen LogP contribution < -0.4 is 5.32 Å². The van der Waals surface area contributed by atoms with Crippen molar-refractivity contribution in [3.63, 3.8) is 0 Å². The molecule has 3 aromatic heterocycles. The lowest BCUT2D eigenvalue weighted by Gasteiger charge is -2.12. The molecular weight excluding hydrogens is 314 g/mol. The molecule has 0 unspecified atom stereocenters. The van der Waals surface area contributed by atoms with Crippen LogP contribution >= 0.6 is 0 Å². The molecule has 0 aliphatic carbocycles. The quantitative estimate of drug-likeness (QED) is 0.603. The number of hydrogen-bond donors (Lipinski definition) is 1. The third kappa shape index (κ3) is 2.70. The summed E-state index contributed by atoms with van der Waals surface area (Å²) in [4.78, 5) is 17.2. The Bertz CT molecular complexity index is 1040. The first-order valence-electron chi connectivity index (χ1n) is 8.03. The molecule has 5 heteroatoms. The zero-order valence-electron chi connectivity index (χ0n) is 14.0. The maximum atomic E-state index is 12.8. The fourth-order valence-corrected chi connectivity index (χ4v) is 3.04. The van der Waals surface area contributed by atoms with Crippen molar-refractivity contribution in [2.24, 2.45) is 0 Å². The number of fused-ring (bicyclic) bond motifs is 1. The van der Waals surface area contributed by atoms with Crippen molar-refractivity contribution in [2.75, 3.05) is 5.32 Å². The maximum absolute atomic E-state index is 12.8. The summed E-state index contributed by atoms with van der Waals surface area (Å²) in [7, 11) is 0. The molecule has 0 aliphatic heterocycles. The van der Waals surface area contributed by atoms with Gasteiger partial charge in [-0.2, -0.15) is 0 Å². The summed E-state index contributed by atoms with van der Waals surface area (Å²) >= 11 is 0. The third-order valence-corrected chi connectivity index (χ3v) is 4.27. The summed E-state index contributed by atoms with van der Waals surface area (Å²) in [5.41, 5.74) is 4.72. The van der Waals surface area contributed by atoms with Crippen LogP contribution in [0, 0.1) is 13.8 Å². The fourth-order valence-electron chi connectivity index (χ4n) is 3.04. The highest BCUT2D eigenvalue weighted by Crippen LogP contribution is 2.23. The van der Waals surface area contributed by atoms with Gasteiger partial charge in [0.05, 0.1) is 17.5 Å². The van der Waals surface area contributed by atoms with E-state index in [0.29, 0.717) is 11.3 Å². The lowest BCUT2D eigenvalue weighted by atomic mass is 10.1. The summed E-state index contributed by atoms with van der Waals surface area (Å²) in [5, 5.41) is 2.95. The van der Waals surface area contributed by atoms with E-state index in [2.05, 4.69) is 10.3 Å². The van der Waals surface area contributed by atoms with Crippen LogP contribution in [-0.2, 0) is 0 Å². The number of benzene rings is 1. The minimum atomic E-state index is -0.163. The van der Waals surface area contributed by atoms with Crippen LogP contribution in [0.4, 0.5) is 5.69 Å². The van der Waals surface area contributed by atoms with E-state index in [1.165, 1.54) is 0 Å². The van der Waals surface area contributed by atoms with Gasteiger partial charge in [-0.25, -0.2) is 4.98 Å². The number of aryl methyl sites for hydroxylation is 2. The van der Waals surface area contributed by atoms with Gasteiger partial charge in [-0.1, -0.05) is 0 Å². The molecule has 124 valence electrons. The lowest BCUT2D eigenvalue weighted by molar-refractivity contribution is 0.102. The van der Waals surface area contributed by atoms with Crippen molar-refractivity contribution >= 4 is 17.2 Å². The standard InChI is InChI=1S/C20H17N3O2/c1-13-19(14(2)23-11-3-6-18(23)21-13)20(24)22-16-9-7-15(8-10-16)17-5-4-12-25-17/h3-12H,1-2H3,(H,22,24). The van der Waals surface area contributed by atoms with Crippen LogP contribution in [-0.4, -0.2) is 15.3 Å². The summed E-state index contributed by atoms with van der Waals surface area (Å²) in [6.07, 6.45) is 3.55. The summed E-state index contributed by atoms with van der Waals surface area (Å²) < 4.78 is 7.29. The number of amides is 1. The molecule has 1 amide bonds. The average molecular weight is 331 g/mol. The van der Waals surface area contributed by atoms with Crippen molar-refractivity contribution in [3.05, 3.63) is 77.9 Å². The molecule has 0 atom stereocenters. The Morgan fingerprint density at radius 3 is 2.60 bits per heavy atom. The van der Waals surface area contributed by atoms with Crippen LogP contribution in [0.5, 0.6) is 0 Å². The Labute approximate surface area is 144 Å². The number of carbonyl (C=O) groups is 1. The molecule has 4 rings (SSSR count). The number of hydrogen-bond acceptors (Lipinski definition) is 3. The Morgan fingerprint density at radius 2 is 1.88 bits per heavy atom. The minimum Gasteiger partial charge on any atom is -0.464 e. The van der Waals surface area contributed by atoms with Gasteiger partial charge in [0.15, 0.2) is 0 Å². The van der Waals surface area contributed by atoms with Crippen LogP contribution in [0.3, 0.4) is 0 Å². The molecule has 1 N–H and O–H groups in total. The van der Waals surface area contributed by atoms with E-state index in [-0.39, 0.29) is 5.91 Å². The molecule has 3 heterocycles. The first-order valence-corrected chi connectivity index (χ1v) is 8.03. The highest BCUT2D eigenvalue weighted by Gasteiger charge is 2.16. The number of anilines is 1. The summed E-state index contributed by atoms with van der Waals surface area (Å²) in [5.74, 6) is 0.635. The molecule has 0 aliphatic rings. The third-order valence-electron chi connectivity index (χ3n) is 4.27. The first-order chi connectivity index (χ1) is 12.1. The van der Waals surface area contributed by atoms with E-state index in [1.54, 1.807) is 6.26 Å². The normalized spacial score (nSPS) is 11.0. The molecule has 0 radical (unpaired) electrons. The average Bonchev–Trinajstić information content (AvgIpc) is 3.26. The molecule has 0 spiro atoms. The molecule has 5 nitrogen and oxygen atoms in total. The van der Waals surface area contributed by atoms with E-state index in [1.807, 2.05) is 73.0 Å². The summed E-state index contributed by atoms with van der Waals surface area (Å²) in [6.45, 7) is 3.78. The van der Waals surface area contributed by atoms with Gasteiger partial charge in [0.25, 0.3) is 5.91 Å². The molecule has 0 saturated carbocycles. The van der Waals surface area contributed by atoms with Gasteiger partial charge in [0.2, 0.25) is 0 Å². The highest BCUT2D eigenvalue weighted by atomic mass is 16.3. The van der Waals surface area contributed by atoms with Crippen molar-refractivity contribution in [1.29, 1.82) is 0 Å². The van der Waals surface area contributed by atoms with Gasteiger partial charge < -0.3 is 14.1 Å². The van der Waals surface area contributed by atoms with E-state index in [0.717, 1.165) is 28.4 Å². The highest BCUT2D eigenvalue weighted by molar-refractivity contribution is 6.06. The van der Waals surface area contributed by atoms with E-state index >= 15 is 0 Å². The largest absolute Gasteiger partial charge is 0.464 e. The minimum absolute atomic E-state index is 0.163. The van der Waals surface area contributed by atoms with Crippen LogP contribution in [0.1, 0.15) is 21.7 Å². The van der Waals surface area contributed by atoms with Gasteiger partial charge >= 0.3 is 0 Å². The van der Waals surface area contributed by atoms with Crippen molar-refractivity contribution < 1.29 is 9.21 Å². The smallest absolute Gasteiger partial charge is 0.259 e. The molecule has 25 heavy (non-hydrogen) atoms. The Kier molecular flexibility index (Phi) is 3.61. The number of aromatic nitrogens is 2. The first kappa shape index (κ1) is 15.2. The second kappa shape index (κ2) is 5.94. The molecule has 0 fully saturated rings. The second-order valence-corrected chi connectivity index (χ2v) is 5.90. The topological polar surface area (TPSA) is 59.5 Å². The van der Waals surface area contributed by atoms with Crippen LogP contribution in [0.15, 0.2) is 65.4 Å². The van der Waals surface area contributed by atoms with Gasteiger partial charge in [0, 0.05) is 23.1 Å². The van der Waals surface area contributed by atoms with Crippen molar-refractivity contribution in [3.8, 4) is 11.3 Å². The molecule has 4 aromatic rings. The SMILES string of the molecule is Cc1nc2cccn2c(C)c1C(=O)Nc1ccc(-c2ccco2)cc1. The van der Waals surface area contributed by atoms with Crippen LogP contribution in [0.2, 0.25) is 0 Å². The maximum Gasteiger partial charge on any atom is 0.259 e. The molecule has 1 aromatic carbocycles. The number of carbonyl (C=O) groups excluding carboxylic acids is 1. The molecular formula is C20H17N3O2. The Balaban J connectivity index is 1.62. The number of furan rings is 1.